The summed E-state index contributed by atoms with van der Waals surface area (Å²) in [7, 11) is 0. The predicted molar refractivity (Wildman–Crippen MR) is 80.7 cm³/mol. The number of para-hydroxylation sites is 1. The fraction of sp³-hybridized carbons (Fsp3) is 0.250. The largest absolute Gasteiger partial charge is 0.330 e. The number of aromatic nitrogens is 1. The van der Waals surface area contributed by atoms with Gasteiger partial charge in [-0.3, -0.25) is 4.79 Å². The zero-order chi connectivity index (χ0) is 15.2. The monoisotopic (exact) mass is 287 g/mol. The number of benzene rings is 1. The quantitative estimate of drug-likeness (QED) is 0.919. The molecule has 0 atom stereocenters. The van der Waals surface area contributed by atoms with E-state index < -0.39 is 5.82 Å². The van der Waals surface area contributed by atoms with Gasteiger partial charge >= 0.3 is 0 Å². The van der Waals surface area contributed by atoms with Crippen LogP contribution in [0.25, 0.3) is 0 Å². The summed E-state index contributed by atoms with van der Waals surface area (Å²) >= 11 is 0. The molecule has 5 heteroatoms. The van der Waals surface area contributed by atoms with Crippen molar-refractivity contribution in [1.29, 1.82) is 0 Å². The van der Waals surface area contributed by atoms with Crippen LogP contribution in [0.2, 0.25) is 0 Å². The van der Waals surface area contributed by atoms with Crippen LogP contribution >= 0.6 is 0 Å². The Morgan fingerprint density at radius 1 is 1.24 bits per heavy atom. The second-order valence-corrected chi connectivity index (χ2v) is 4.71. The summed E-state index contributed by atoms with van der Waals surface area (Å²) in [6, 6.07) is 11.4. The van der Waals surface area contributed by atoms with Crippen LogP contribution in [0.15, 0.2) is 42.5 Å². The molecule has 0 radical (unpaired) electrons. The van der Waals surface area contributed by atoms with E-state index in [4.69, 9.17) is 5.73 Å². The summed E-state index contributed by atoms with van der Waals surface area (Å²) in [5.41, 5.74) is 6.80. The van der Waals surface area contributed by atoms with E-state index in [0.29, 0.717) is 25.2 Å². The van der Waals surface area contributed by atoms with Crippen molar-refractivity contribution in [2.45, 2.75) is 13.3 Å². The smallest absolute Gasteiger partial charge is 0.276 e. The molecular weight excluding hydrogens is 269 g/mol. The molecule has 21 heavy (non-hydrogen) atoms. The van der Waals surface area contributed by atoms with E-state index in [1.54, 1.807) is 30.3 Å². The van der Waals surface area contributed by atoms with E-state index in [-0.39, 0.29) is 11.6 Å². The Morgan fingerprint density at radius 3 is 2.67 bits per heavy atom. The van der Waals surface area contributed by atoms with Gasteiger partial charge in [-0.1, -0.05) is 18.2 Å². The molecule has 0 fully saturated rings. The van der Waals surface area contributed by atoms with Crippen molar-refractivity contribution in [1.82, 2.24) is 4.98 Å². The minimum absolute atomic E-state index is 0.249. The lowest BCUT2D eigenvalue weighted by atomic mass is 10.2. The summed E-state index contributed by atoms with van der Waals surface area (Å²) < 4.78 is 14.0. The summed E-state index contributed by atoms with van der Waals surface area (Å²) in [6.45, 7) is 2.59. The van der Waals surface area contributed by atoms with Gasteiger partial charge in [-0.25, -0.2) is 9.37 Å². The van der Waals surface area contributed by atoms with Gasteiger partial charge in [-0.15, -0.1) is 0 Å². The molecule has 4 nitrogen and oxygen atoms in total. The molecule has 0 unspecified atom stereocenters. The molecule has 0 aliphatic heterocycles. The molecule has 0 aliphatic carbocycles. The van der Waals surface area contributed by atoms with E-state index in [0.717, 1.165) is 5.69 Å². The van der Waals surface area contributed by atoms with Gasteiger partial charge in [0.25, 0.3) is 5.91 Å². The van der Waals surface area contributed by atoms with Crippen molar-refractivity contribution in [3.63, 3.8) is 0 Å². The number of amides is 1. The highest BCUT2D eigenvalue weighted by Crippen LogP contribution is 2.21. The number of pyridine rings is 1. The van der Waals surface area contributed by atoms with Crippen LogP contribution in [0.3, 0.4) is 0 Å². The fourth-order valence-corrected chi connectivity index (χ4v) is 2.05. The van der Waals surface area contributed by atoms with Crippen molar-refractivity contribution >= 4 is 11.6 Å². The van der Waals surface area contributed by atoms with Gasteiger partial charge in [0.05, 0.1) is 5.69 Å². The lowest BCUT2D eigenvalue weighted by Gasteiger charge is -2.22. The minimum atomic E-state index is -0.435. The molecule has 0 saturated heterocycles. The Morgan fingerprint density at radius 2 is 2.00 bits per heavy atom. The van der Waals surface area contributed by atoms with Crippen LogP contribution < -0.4 is 10.6 Å². The van der Waals surface area contributed by atoms with Gasteiger partial charge in [-0.2, -0.15) is 0 Å². The van der Waals surface area contributed by atoms with E-state index in [1.807, 2.05) is 13.0 Å². The van der Waals surface area contributed by atoms with Crippen LogP contribution in [0.4, 0.5) is 10.1 Å². The highest BCUT2D eigenvalue weighted by Gasteiger charge is 2.21. The number of hydrogen-bond acceptors (Lipinski definition) is 3. The maximum atomic E-state index is 14.0. The SMILES string of the molecule is Cc1cccc(C(=O)N(CCCN)c2ccccc2F)n1. The number of aryl methyl sites for hydroxylation is 1. The molecule has 0 saturated carbocycles. The number of halogens is 1. The number of anilines is 1. The minimum Gasteiger partial charge on any atom is -0.330 e. The summed E-state index contributed by atoms with van der Waals surface area (Å²) in [6.07, 6.45) is 0.589. The maximum Gasteiger partial charge on any atom is 0.276 e. The Labute approximate surface area is 123 Å². The second kappa shape index (κ2) is 6.95. The zero-order valence-corrected chi connectivity index (χ0v) is 11.9. The Bertz CT molecular complexity index is 630. The van der Waals surface area contributed by atoms with Crippen molar-refractivity contribution < 1.29 is 9.18 Å². The van der Waals surface area contributed by atoms with Gasteiger partial charge in [0.1, 0.15) is 11.5 Å². The molecule has 1 aromatic heterocycles. The number of nitrogens with two attached hydrogens (primary N) is 1. The number of carbonyl (C=O) groups is 1. The van der Waals surface area contributed by atoms with Crippen LogP contribution in [-0.4, -0.2) is 24.0 Å². The number of carbonyl (C=O) groups excluding carboxylic acids is 1. The van der Waals surface area contributed by atoms with Crippen LogP contribution in [-0.2, 0) is 0 Å². The third kappa shape index (κ3) is 3.64. The first-order valence-electron chi connectivity index (χ1n) is 6.83. The zero-order valence-electron chi connectivity index (χ0n) is 11.9. The van der Waals surface area contributed by atoms with Gasteiger partial charge < -0.3 is 10.6 Å². The molecule has 1 heterocycles. The molecule has 110 valence electrons. The Balaban J connectivity index is 2.36. The first-order valence-corrected chi connectivity index (χ1v) is 6.83. The van der Waals surface area contributed by atoms with Crippen molar-refractivity contribution in [2.24, 2.45) is 5.73 Å². The topological polar surface area (TPSA) is 59.2 Å². The summed E-state index contributed by atoms with van der Waals surface area (Å²) in [5.74, 6) is -0.757. The summed E-state index contributed by atoms with van der Waals surface area (Å²) in [4.78, 5) is 18.2. The predicted octanol–water partition coefficient (Wildman–Crippen LogP) is 2.52. The molecular formula is C16H18FN3O. The lowest BCUT2D eigenvalue weighted by molar-refractivity contribution is 0.0981. The molecule has 0 spiro atoms. The van der Waals surface area contributed by atoms with Crippen LogP contribution in [0, 0.1) is 12.7 Å². The molecule has 2 aromatic rings. The Kier molecular flexibility index (Phi) is 5.00. The molecule has 2 N–H and O–H groups in total. The Hall–Kier alpha value is -2.27. The average Bonchev–Trinajstić information content (AvgIpc) is 2.49. The van der Waals surface area contributed by atoms with Gasteiger partial charge in [0.2, 0.25) is 0 Å². The van der Waals surface area contributed by atoms with Crippen LogP contribution in [0.1, 0.15) is 22.6 Å². The molecule has 0 aliphatic rings. The fourth-order valence-electron chi connectivity index (χ4n) is 2.05. The number of hydrogen-bond donors (Lipinski definition) is 1. The summed E-state index contributed by atoms with van der Waals surface area (Å²) in [5, 5.41) is 0. The van der Waals surface area contributed by atoms with Gasteiger partial charge in [0.15, 0.2) is 0 Å². The van der Waals surface area contributed by atoms with E-state index in [9.17, 15) is 9.18 Å². The van der Waals surface area contributed by atoms with Gasteiger partial charge in [-0.05, 0) is 44.2 Å². The number of rotatable bonds is 5. The number of nitrogens with zero attached hydrogens (tertiary/aromatic N) is 2. The molecule has 2 rings (SSSR count). The molecule has 1 aromatic carbocycles. The lowest BCUT2D eigenvalue weighted by Crippen LogP contribution is -2.34. The highest BCUT2D eigenvalue weighted by molar-refractivity contribution is 6.04. The standard InChI is InChI=1S/C16H18FN3O/c1-12-6-4-8-14(19-12)16(21)20(11-5-10-18)15-9-3-2-7-13(15)17/h2-4,6-9H,5,10-11,18H2,1H3. The normalized spacial score (nSPS) is 10.4. The second-order valence-electron chi connectivity index (χ2n) is 4.71. The van der Waals surface area contributed by atoms with Crippen molar-refractivity contribution in [2.75, 3.05) is 18.0 Å². The van der Waals surface area contributed by atoms with Gasteiger partial charge in [0, 0.05) is 12.2 Å². The van der Waals surface area contributed by atoms with Crippen molar-refractivity contribution in [3.8, 4) is 0 Å². The highest BCUT2D eigenvalue weighted by atomic mass is 19.1. The molecule has 1 amide bonds. The molecule has 0 bridgehead atoms. The average molecular weight is 287 g/mol. The van der Waals surface area contributed by atoms with Crippen molar-refractivity contribution in [3.05, 3.63) is 59.7 Å². The first-order chi connectivity index (χ1) is 10.1. The van der Waals surface area contributed by atoms with Crippen LogP contribution in [0.5, 0.6) is 0 Å². The maximum absolute atomic E-state index is 14.0. The first kappa shape index (κ1) is 15.1. The van der Waals surface area contributed by atoms with E-state index in [1.165, 1.54) is 11.0 Å². The van der Waals surface area contributed by atoms with E-state index >= 15 is 0 Å². The third-order valence-corrected chi connectivity index (χ3v) is 3.08. The van der Waals surface area contributed by atoms with E-state index in [2.05, 4.69) is 4.98 Å². The third-order valence-electron chi connectivity index (χ3n) is 3.08.